The van der Waals surface area contributed by atoms with Crippen LogP contribution in [0.2, 0.25) is 0 Å². The van der Waals surface area contributed by atoms with Gasteiger partial charge in [-0.25, -0.2) is 4.79 Å². The molecule has 0 radical (unpaired) electrons. The van der Waals surface area contributed by atoms with Gasteiger partial charge in [-0.15, -0.1) is 0 Å². The van der Waals surface area contributed by atoms with Gasteiger partial charge in [0.25, 0.3) is 5.91 Å². The van der Waals surface area contributed by atoms with Gasteiger partial charge >= 0.3 is 6.09 Å². The van der Waals surface area contributed by atoms with E-state index in [-0.39, 0.29) is 23.8 Å². The molecule has 0 aliphatic carbocycles. The van der Waals surface area contributed by atoms with Crippen molar-refractivity contribution < 1.29 is 19.1 Å². The molecule has 0 saturated carbocycles. The number of carbonyl (C=O) groups is 3. The number of aryl methyl sites for hydroxylation is 2. The van der Waals surface area contributed by atoms with Gasteiger partial charge in [-0.05, 0) is 99.9 Å². The van der Waals surface area contributed by atoms with E-state index in [1.807, 2.05) is 102 Å². The van der Waals surface area contributed by atoms with Crippen molar-refractivity contribution in [3.05, 3.63) is 77.4 Å². The highest BCUT2D eigenvalue weighted by atomic mass is 16.6. The predicted octanol–water partition coefficient (Wildman–Crippen LogP) is 7.70. The molecule has 0 heterocycles. The van der Waals surface area contributed by atoms with E-state index in [2.05, 4.69) is 10.6 Å². The monoisotopic (exact) mass is 573 g/mol. The first-order valence-electron chi connectivity index (χ1n) is 14.9. The normalized spacial score (nSPS) is 13.8. The molecule has 3 atom stereocenters. The van der Waals surface area contributed by atoms with Crippen LogP contribution in [0.5, 0.6) is 0 Å². The van der Waals surface area contributed by atoms with Crippen molar-refractivity contribution in [2.75, 3.05) is 5.32 Å². The van der Waals surface area contributed by atoms with E-state index in [1.54, 1.807) is 25.7 Å². The highest BCUT2D eigenvalue weighted by molar-refractivity contribution is 6.00. The molecule has 0 spiro atoms. The van der Waals surface area contributed by atoms with Gasteiger partial charge in [0, 0.05) is 11.7 Å². The summed E-state index contributed by atoms with van der Waals surface area (Å²) in [5.74, 6) is -0.525. The lowest BCUT2D eigenvalue weighted by molar-refractivity contribution is -0.143. The first-order chi connectivity index (χ1) is 19.7. The summed E-state index contributed by atoms with van der Waals surface area (Å²) in [4.78, 5) is 43.2. The van der Waals surface area contributed by atoms with Crippen molar-refractivity contribution in [2.45, 2.75) is 98.9 Å². The van der Waals surface area contributed by atoms with Crippen LogP contribution in [0.3, 0.4) is 0 Å². The van der Waals surface area contributed by atoms with Gasteiger partial charge in [-0.1, -0.05) is 69.3 Å². The largest absolute Gasteiger partial charge is 0.444 e. The molecule has 3 amide bonds. The number of ether oxygens (including phenoxy) is 1. The maximum absolute atomic E-state index is 14.5. The minimum Gasteiger partial charge on any atom is -0.444 e. The summed E-state index contributed by atoms with van der Waals surface area (Å²) in [6.45, 7) is 17.3. The summed E-state index contributed by atoms with van der Waals surface area (Å²) >= 11 is 0. The van der Waals surface area contributed by atoms with E-state index in [0.29, 0.717) is 24.1 Å². The van der Waals surface area contributed by atoms with Gasteiger partial charge in [0.1, 0.15) is 17.7 Å². The van der Waals surface area contributed by atoms with Crippen LogP contribution >= 0.6 is 0 Å². The Labute approximate surface area is 251 Å². The lowest BCUT2D eigenvalue weighted by Gasteiger charge is -2.38. The molecule has 0 aromatic heterocycles. The topological polar surface area (TPSA) is 87.7 Å². The van der Waals surface area contributed by atoms with Gasteiger partial charge in [0.15, 0.2) is 0 Å². The number of alkyl carbamates (subject to hydrolysis) is 1. The van der Waals surface area contributed by atoms with Crippen molar-refractivity contribution >= 4 is 34.4 Å². The average molecular weight is 574 g/mol. The molecule has 3 rings (SSSR count). The van der Waals surface area contributed by atoms with E-state index in [9.17, 15) is 14.4 Å². The van der Waals surface area contributed by atoms with Gasteiger partial charge in [-0.2, -0.15) is 0 Å². The molecule has 7 heteroatoms. The maximum Gasteiger partial charge on any atom is 0.408 e. The van der Waals surface area contributed by atoms with Crippen LogP contribution in [0.15, 0.2) is 60.7 Å². The summed E-state index contributed by atoms with van der Waals surface area (Å²) in [7, 11) is 0. The molecular formula is C35H47N3O4. The van der Waals surface area contributed by atoms with E-state index in [0.717, 1.165) is 21.9 Å². The van der Waals surface area contributed by atoms with Crippen molar-refractivity contribution in [3.63, 3.8) is 0 Å². The van der Waals surface area contributed by atoms with Crippen LogP contribution in [0, 0.1) is 19.8 Å². The number of hydrogen-bond acceptors (Lipinski definition) is 4. The fourth-order valence-electron chi connectivity index (χ4n) is 4.97. The van der Waals surface area contributed by atoms with E-state index in [4.69, 9.17) is 4.74 Å². The zero-order valence-electron chi connectivity index (χ0n) is 26.6. The smallest absolute Gasteiger partial charge is 0.408 e. The van der Waals surface area contributed by atoms with Crippen molar-refractivity contribution in [1.29, 1.82) is 0 Å². The van der Waals surface area contributed by atoms with Crippen LogP contribution < -0.4 is 10.6 Å². The number of rotatable bonds is 10. The number of anilines is 1. The summed E-state index contributed by atoms with van der Waals surface area (Å²) in [6.07, 6.45) is 0.364. The van der Waals surface area contributed by atoms with Crippen LogP contribution in [0.1, 0.15) is 84.0 Å². The van der Waals surface area contributed by atoms with Crippen LogP contribution in [-0.4, -0.2) is 40.5 Å². The number of benzene rings is 3. The zero-order chi connectivity index (χ0) is 31.2. The molecule has 7 nitrogen and oxygen atoms in total. The number of hydrogen-bond donors (Lipinski definition) is 2. The van der Waals surface area contributed by atoms with Crippen LogP contribution in [0.4, 0.5) is 10.5 Å². The second-order valence-electron chi connectivity index (χ2n) is 12.6. The summed E-state index contributed by atoms with van der Waals surface area (Å²) in [5.41, 5.74) is 2.77. The van der Waals surface area contributed by atoms with E-state index < -0.39 is 23.8 Å². The van der Waals surface area contributed by atoms with Gasteiger partial charge in [0.05, 0.1) is 0 Å². The molecule has 42 heavy (non-hydrogen) atoms. The third-order valence-corrected chi connectivity index (χ3v) is 7.41. The van der Waals surface area contributed by atoms with Gasteiger partial charge < -0.3 is 20.3 Å². The number of fused-ring (bicyclic) bond motifs is 1. The molecule has 0 aliphatic rings. The fraction of sp³-hybridized carbons (Fsp3) is 0.457. The lowest BCUT2D eigenvalue weighted by atomic mass is 9.95. The first-order valence-corrected chi connectivity index (χ1v) is 14.9. The Balaban J connectivity index is 2.08. The number of carbonyl (C=O) groups excluding carboxylic acids is 3. The maximum atomic E-state index is 14.5. The molecule has 0 saturated heterocycles. The van der Waals surface area contributed by atoms with Crippen molar-refractivity contribution in [3.8, 4) is 0 Å². The Morgan fingerprint density at radius 1 is 0.881 bits per heavy atom. The summed E-state index contributed by atoms with van der Waals surface area (Å²) < 4.78 is 5.50. The third-order valence-electron chi connectivity index (χ3n) is 7.41. The second kappa shape index (κ2) is 13.9. The van der Waals surface area contributed by atoms with E-state index >= 15 is 0 Å². The number of nitrogens with one attached hydrogen (secondary N) is 2. The standard InChI is InChI=1S/C35H47N3O4/c1-10-25(6)38(33(40)30(19-22(2)3)37-34(41)42-35(7,8)9)31(28-16-15-23(4)24(5)20-28)32(39)36-29-18-17-26-13-11-12-14-27(26)21-29/h11-18,20-22,25,30-31H,10,19H2,1-9H3,(H,36,39)(H,37,41). The van der Waals surface area contributed by atoms with Crippen LogP contribution in [-0.2, 0) is 14.3 Å². The Morgan fingerprint density at radius 3 is 2.14 bits per heavy atom. The SMILES string of the molecule is CCC(C)N(C(=O)C(CC(C)C)NC(=O)OC(C)(C)C)C(C(=O)Nc1ccc2ccccc2c1)c1ccc(C)c(C)c1. The first kappa shape index (κ1) is 32.6. The Morgan fingerprint density at radius 2 is 1.55 bits per heavy atom. The van der Waals surface area contributed by atoms with Gasteiger partial charge in [-0.3, -0.25) is 9.59 Å². The minimum atomic E-state index is -0.923. The molecule has 0 aliphatic heterocycles. The van der Waals surface area contributed by atoms with Gasteiger partial charge in [0.2, 0.25) is 5.91 Å². The highest BCUT2D eigenvalue weighted by Gasteiger charge is 2.39. The predicted molar refractivity (Wildman–Crippen MR) is 170 cm³/mol. The summed E-state index contributed by atoms with van der Waals surface area (Å²) in [6, 6.07) is 17.5. The highest BCUT2D eigenvalue weighted by Crippen LogP contribution is 2.30. The Hall–Kier alpha value is -3.87. The lowest BCUT2D eigenvalue weighted by Crippen LogP contribution is -2.55. The molecule has 0 bridgehead atoms. The third kappa shape index (κ3) is 8.57. The quantitative estimate of drug-likeness (QED) is 0.260. The molecule has 2 N–H and O–H groups in total. The minimum absolute atomic E-state index is 0.110. The van der Waals surface area contributed by atoms with Crippen molar-refractivity contribution in [2.24, 2.45) is 5.92 Å². The van der Waals surface area contributed by atoms with Crippen molar-refractivity contribution in [1.82, 2.24) is 10.2 Å². The fourth-order valence-corrected chi connectivity index (χ4v) is 4.97. The molecule has 226 valence electrons. The molecule has 3 aromatic carbocycles. The number of amides is 3. The Kier molecular flexibility index (Phi) is 10.8. The molecular weight excluding hydrogens is 526 g/mol. The van der Waals surface area contributed by atoms with Crippen LogP contribution in [0.25, 0.3) is 10.8 Å². The second-order valence-corrected chi connectivity index (χ2v) is 12.6. The molecule has 0 fully saturated rings. The Bertz CT molecular complexity index is 1410. The molecule has 3 unspecified atom stereocenters. The number of nitrogens with zero attached hydrogens (tertiary/aromatic N) is 1. The molecule has 3 aromatic rings. The summed E-state index contributed by atoms with van der Waals surface area (Å²) in [5, 5.41) is 7.98. The van der Waals surface area contributed by atoms with E-state index in [1.165, 1.54) is 0 Å². The zero-order valence-corrected chi connectivity index (χ0v) is 26.6. The average Bonchev–Trinajstić information content (AvgIpc) is 2.90.